The van der Waals surface area contributed by atoms with E-state index in [0.717, 1.165) is 6.42 Å². The van der Waals surface area contributed by atoms with Gasteiger partial charge in [0.2, 0.25) is 0 Å². The normalized spacial score (nSPS) is 29.1. The van der Waals surface area contributed by atoms with Gasteiger partial charge in [-0.25, -0.2) is 0 Å². The van der Waals surface area contributed by atoms with Gasteiger partial charge in [-0.2, -0.15) is 0 Å². The first kappa shape index (κ1) is 8.41. The molecular weight excluding hydrogens is 138 g/mol. The number of hydrogen-bond donors (Lipinski definition) is 0. The Bertz CT molecular complexity index is 180. The highest BCUT2D eigenvalue weighted by molar-refractivity contribution is 4.87. The van der Waals surface area contributed by atoms with Crippen LogP contribution in [0, 0.1) is 5.41 Å². The molecule has 1 atom stereocenters. The van der Waals surface area contributed by atoms with Crippen LogP contribution in [0.15, 0.2) is 5.11 Å². The molecule has 0 saturated heterocycles. The third kappa shape index (κ3) is 1.87. The molecule has 0 aromatic rings. The topological polar surface area (TPSA) is 48.8 Å². The van der Waals surface area contributed by atoms with Gasteiger partial charge in [-0.15, -0.1) is 0 Å². The Hall–Kier alpha value is -0.690. The van der Waals surface area contributed by atoms with Crippen molar-refractivity contribution in [2.24, 2.45) is 10.5 Å². The maximum absolute atomic E-state index is 8.31. The highest BCUT2D eigenvalue weighted by Crippen LogP contribution is 2.37. The van der Waals surface area contributed by atoms with Crippen LogP contribution < -0.4 is 0 Å². The smallest absolute Gasteiger partial charge is 0.0425 e. The average molecular weight is 153 g/mol. The summed E-state index contributed by atoms with van der Waals surface area (Å²) < 4.78 is 0. The van der Waals surface area contributed by atoms with E-state index < -0.39 is 0 Å². The van der Waals surface area contributed by atoms with Crippen LogP contribution in [-0.2, 0) is 0 Å². The molecule has 11 heavy (non-hydrogen) atoms. The molecule has 1 aliphatic rings. The van der Waals surface area contributed by atoms with Crippen LogP contribution in [-0.4, -0.2) is 6.04 Å². The molecule has 1 fully saturated rings. The summed E-state index contributed by atoms with van der Waals surface area (Å²) in [4.78, 5) is 2.88. The van der Waals surface area contributed by atoms with Crippen LogP contribution >= 0.6 is 0 Å². The SMILES string of the molecule is CC1(C)CCCC[C@H]1N=[N+]=[N-]. The predicted octanol–water partition coefficient (Wildman–Crippen LogP) is 3.27. The van der Waals surface area contributed by atoms with Crippen molar-refractivity contribution in [2.75, 3.05) is 0 Å². The van der Waals surface area contributed by atoms with Crippen molar-refractivity contribution in [3.8, 4) is 0 Å². The highest BCUT2D eigenvalue weighted by atomic mass is 15.2. The van der Waals surface area contributed by atoms with Crippen molar-refractivity contribution < 1.29 is 0 Å². The molecular formula is C8H15N3. The lowest BCUT2D eigenvalue weighted by atomic mass is 9.74. The summed E-state index contributed by atoms with van der Waals surface area (Å²) in [6, 6.07) is 0.223. The summed E-state index contributed by atoms with van der Waals surface area (Å²) in [5, 5.41) is 3.82. The fourth-order valence-corrected chi connectivity index (χ4v) is 1.75. The van der Waals surface area contributed by atoms with Gasteiger partial charge in [0, 0.05) is 11.0 Å². The lowest BCUT2D eigenvalue weighted by Gasteiger charge is -2.35. The molecule has 0 unspecified atom stereocenters. The van der Waals surface area contributed by atoms with Crippen LogP contribution in [0.1, 0.15) is 39.5 Å². The van der Waals surface area contributed by atoms with Gasteiger partial charge in [-0.3, -0.25) is 0 Å². The molecule has 0 aromatic carbocycles. The predicted molar refractivity (Wildman–Crippen MR) is 45.2 cm³/mol. The maximum atomic E-state index is 8.31. The Morgan fingerprint density at radius 3 is 2.73 bits per heavy atom. The van der Waals surface area contributed by atoms with Crippen molar-refractivity contribution in [3.05, 3.63) is 10.4 Å². The lowest BCUT2D eigenvalue weighted by molar-refractivity contribution is 0.202. The van der Waals surface area contributed by atoms with E-state index in [4.69, 9.17) is 5.53 Å². The van der Waals surface area contributed by atoms with E-state index in [9.17, 15) is 0 Å². The van der Waals surface area contributed by atoms with Crippen molar-refractivity contribution in [2.45, 2.75) is 45.6 Å². The molecule has 0 bridgehead atoms. The van der Waals surface area contributed by atoms with E-state index in [1.165, 1.54) is 19.3 Å². The minimum absolute atomic E-state index is 0.223. The summed E-state index contributed by atoms with van der Waals surface area (Å²) in [7, 11) is 0. The molecule has 62 valence electrons. The third-order valence-corrected chi connectivity index (χ3v) is 2.64. The summed E-state index contributed by atoms with van der Waals surface area (Å²) >= 11 is 0. The van der Waals surface area contributed by atoms with Crippen LogP contribution in [0.25, 0.3) is 10.4 Å². The van der Waals surface area contributed by atoms with E-state index in [1.807, 2.05) is 0 Å². The molecule has 0 radical (unpaired) electrons. The second kappa shape index (κ2) is 3.14. The first-order valence-corrected chi connectivity index (χ1v) is 4.21. The lowest BCUT2D eigenvalue weighted by Crippen LogP contribution is -2.30. The molecule has 0 heterocycles. The zero-order chi connectivity index (χ0) is 8.32. The van der Waals surface area contributed by atoms with Gasteiger partial charge in [-0.1, -0.05) is 31.8 Å². The molecule has 1 rings (SSSR count). The molecule has 0 spiro atoms. The van der Waals surface area contributed by atoms with Gasteiger partial charge < -0.3 is 0 Å². The van der Waals surface area contributed by atoms with Crippen molar-refractivity contribution in [1.29, 1.82) is 0 Å². The monoisotopic (exact) mass is 153 g/mol. The fourth-order valence-electron chi connectivity index (χ4n) is 1.75. The third-order valence-electron chi connectivity index (χ3n) is 2.64. The zero-order valence-electron chi connectivity index (χ0n) is 7.25. The van der Waals surface area contributed by atoms with Crippen LogP contribution in [0.5, 0.6) is 0 Å². The summed E-state index contributed by atoms with van der Waals surface area (Å²) in [5.41, 5.74) is 8.54. The van der Waals surface area contributed by atoms with Gasteiger partial charge in [0.25, 0.3) is 0 Å². The van der Waals surface area contributed by atoms with Crippen molar-refractivity contribution in [1.82, 2.24) is 0 Å². The van der Waals surface area contributed by atoms with Gasteiger partial charge >= 0.3 is 0 Å². The summed E-state index contributed by atoms with van der Waals surface area (Å²) in [6.45, 7) is 4.37. The standard InChI is InChI=1S/C8H15N3/c1-8(2)6-4-3-5-7(8)10-11-9/h7H,3-6H2,1-2H3/t7-/m1/s1. The van der Waals surface area contributed by atoms with E-state index in [0.29, 0.717) is 0 Å². The second-order valence-electron chi connectivity index (χ2n) is 3.96. The first-order valence-electron chi connectivity index (χ1n) is 4.21. The number of azide groups is 1. The molecule has 1 aliphatic carbocycles. The quantitative estimate of drug-likeness (QED) is 0.315. The van der Waals surface area contributed by atoms with E-state index >= 15 is 0 Å². The molecule has 0 aliphatic heterocycles. The number of rotatable bonds is 1. The van der Waals surface area contributed by atoms with Crippen LogP contribution in [0.4, 0.5) is 0 Å². The van der Waals surface area contributed by atoms with Gasteiger partial charge in [0.15, 0.2) is 0 Å². The maximum Gasteiger partial charge on any atom is 0.0425 e. The first-order chi connectivity index (χ1) is 5.17. The zero-order valence-corrected chi connectivity index (χ0v) is 7.25. The van der Waals surface area contributed by atoms with Gasteiger partial charge in [0.1, 0.15) is 0 Å². The Labute approximate surface area is 67.4 Å². The Kier molecular flexibility index (Phi) is 2.40. The molecule has 3 nitrogen and oxygen atoms in total. The largest absolute Gasteiger partial charge is 0.0901 e. The Morgan fingerprint density at radius 2 is 2.18 bits per heavy atom. The molecule has 0 amide bonds. The highest BCUT2D eigenvalue weighted by Gasteiger charge is 2.30. The van der Waals surface area contributed by atoms with E-state index in [1.54, 1.807) is 0 Å². The van der Waals surface area contributed by atoms with Crippen LogP contribution in [0.3, 0.4) is 0 Å². The Morgan fingerprint density at radius 1 is 1.45 bits per heavy atom. The molecule has 0 N–H and O–H groups in total. The average Bonchev–Trinajstić information content (AvgIpc) is 1.94. The minimum atomic E-state index is 0.223. The Balaban J connectivity index is 2.66. The van der Waals surface area contributed by atoms with E-state index in [-0.39, 0.29) is 11.5 Å². The minimum Gasteiger partial charge on any atom is -0.0901 e. The van der Waals surface area contributed by atoms with Crippen molar-refractivity contribution in [3.63, 3.8) is 0 Å². The molecule has 3 heteroatoms. The fraction of sp³-hybridized carbons (Fsp3) is 1.00. The summed E-state index contributed by atoms with van der Waals surface area (Å²) in [5.74, 6) is 0. The number of nitrogens with zero attached hydrogens (tertiary/aromatic N) is 3. The van der Waals surface area contributed by atoms with E-state index in [2.05, 4.69) is 23.9 Å². The molecule has 1 saturated carbocycles. The van der Waals surface area contributed by atoms with Gasteiger partial charge in [0.05, 0.1) is 0 Å². The van der Waals surface area contributed by atoms with Crippen LogP contribution in [0.2, 0.25) is 0 Å². The molecule has 0 aromatic heterocycles. The summed E-state index contributed by atoms with van der Waals surface area (Å²) in [6.07, 6.45) is 4.76. The van der Waals surface area contributed by atoms with Gasteiger partial charge in [-0.05, 0) is 23.8 Å². The van der Waals surface area contributed by atoms with Crippen molar-refractivity contribution >= 4 is 0 Å². The number of hydrogen-bond acceptors (Lipinski definition) is 1. The second-order valence-corrected chi connectivity index (χ2v) is 3.96.